The Morgan fingerprint density at radius 1 is 0.875 bits per heavy atom. The number of amides is 2. The van der Waals surface area contributed by atoms with E-state index in [9.17, 15) is 9.59 Å². The summed E-state index contributed by atoms with van der Waals surface area (Å²) in [4.78, 5) is 22.8. The highest BCUT2D eigenvalue weighted by molar-refractivity contribution is 5.85. The highest BCUT2D eigenvalue weighted by Gasteiger charge is 2.05. The number of rotatable bonds is 8. The lowest BCUT2D eigenvalue weighted by atomic mass is 10.2. The molecule has 0 aliphatic rings. The second-order valence-corrected chi connectivity index (χ2v) is 5.03. The second kappa shape index (κ2) is 9.19. The topological polar surface area (TPSA) is 79.5 Å². The quantitative estimate of drug-likeness (QED) is 0.693. The summed E-state index contributed by atoms with van der Waals surface area (Å²) in [6.07, 6.45) is 0. The number of carbonyl (C=O) groups is 2. The highest BCUT2D eigenvalue weighted by Crippen LogP contribution is 2.19. The van der Waals surface area contributed by atoms with Gasteiger partial charge in [-0.3, -0.25) is 9.59 Å². The maximum atomic E-state index is 11.6. The SMILES string of the molecule is CCNC(=O)CNC(=O)COc1ccc(Nc2ccccc2)cc1. The zero-order chi connectivity index (χ0) is 17.2. The van der Waals surface area contributed by atoms with Gasteiger partial charge in [-0.2, -0.15) is 0 Å². The predicted octanol–water partition coefficient (Wildman–Crippen LogP) is 2.06. The molecule has 24 heavy (non-hydrogen) atoms. The van der Waals surface area contributed by atoms with E-state index in [1.54, 1.807) is 12.1 Å². The minimum absolute atomic E-state index is 0.0457. The fourth-order valence-electron chi connectivity index (χ4n) is 1.96. The Kier molecular flexibility index (Phi) is 6.64. The summed E-state index contributed by atoms with van der Waals surface area (Å²) < 4.78 is 5.39. The van der Waals surface area contributed by atoms with E-state index in [1.165, 1.54) is 0 Å². The van der Waals surface area contributed by atoms with Gasteiger partial charge in [0, 0.05) is 17.9 Å². The maximum Gasteiger partial charge on any atom is 0.258 e. The van der Waals surface area contributed by atoms with Crippen LogP contribution in [0, 0.1) is 0 Å². The smallest absolute Gasteiger partial charge is 0.258 e. The monoisotopic (exact) mass is 327 g/mol. The van der Waals surface area contributed by atoms with Crippen molar-refractivity contribution in [3.8, 4) is 5.75 Å². The summed E-state index contributed by atoms with van der Waals surface area (Å²) in [5.74, 6) is 0.0247. The van der Waals surface area contributed by atoms with Crippen LogP contribution in [0.15, 0.2) is 54.6 Å². The average Bonchev–Trinajstić information content (AvgIpc) is 2.60. The van der Waals surface area contributed by atoms with Crippen LogP contribution in [0.4, 0.5) is 11.4 Å². The zero-order valence-corrected chi connectivity index (χ0v) is 13.5. The van der Waals surface area contributed by atoms with Gasteiger partial charge in [-0.1, -0.05) is 18.2 Å². The van der Waals surface area contributed by atoms with Crippen molar-refractivity contribution in [2.45, 2.75) is 6.92 Å². The number of benzene rings is 2. The van der Waals surface area contributed by atoms with Gasteiger partial charge in [-0.05, 0) is 43.3 Å². The summed E-state index contributed by atoms with van der Waals surface area (Å²) in [6.45, 7) is 2.18. The van der Waals surface area contributed by atoms with Gasteiger partial charge in [0.25, 0.3) is 5.91 Å². The largest absolute Gasteiger partial charge is 0.484 e. The minimum atomic E-state index is -0.340. The van der Waals surface area contributed by atoms with Crippen molar-refractivity contribution >= 4 is 23.2 Å². The van der Waals surface area contributed by atoms with Crippen LogP contribution >= 0.6 is 0 Å². The van der Waals surface area contributed by atoms with Crippen molar-refractivity contribution in [2.24, 2.45) is 0 Å². The molecule has 0 bridgehead atoms. The van der Waals surface area contributed by atoms with Crippen molar-refractivity contribution < 1.29 is 14.3 Å². The minimum Gasteiger partial charge on any atom is -0.484 e. The fourth-order valence-corrected chi connectivity index (χ4v) is 1.96. The maximum absolute atomic E-state index is 11.6. The van der Waals surface area contributed by atoms with Gasteiger partial charge in [0.15, 0.2) is 6.61 Å². The number of nitrogens with one attached hydrogen (secondary N) is 3. The molecule has 0 aromatic heterocycles. The summed E-state index contributed by atoms with van der Waals surface area (Å²) in [6, 6.07) is 17.1. The second-order valence-electron chi connectivity index (χ2n) is 5.03. The summed E-state index contributed by atoms with van der Waals surface area (Å²) >= 11 is 0. The van der Waals surface area contributed by atoms with Gasteiger partial charge in [0.2, 0.25) is 5.91 Å². The molecule has 0 atom stereocenters. The third kappa shape index (κ3) is 6.00. The fraction of sp³-hybridized carbons (Fsp3) is 0.222. The molecule has 2 amide bonds. The molecular formula is C18H21N3O3. The first-order valence-corrected chi connectivity index (χ1v) is 7.75. The molecule has 6 nitrogen and oxygen atoms in total. The van der Waals surface area contributed by atoms with Crippen LogP contribution in [0.2, 0.25) is 0 Å². The van der Waals surface area contributed by atoms with Crippen LogP contribution in [0.1, 0.15) is 6.92 Å². The molecule has 0 fully saturated rings. The first-order valence-electron chi connectivity index (χ1n) is 7.75. The Bertz CT molecular complexity index is 657. The van der Waals surface area contributed by atoms with Crippen molar-refractivity contribution in [1.82, 2.24) is 10.6 Å². The number of likely N-dealkylation sites (N-methyl/N-ethyl adjacent to an activating group) is 1. The molecule has 3 N–H and O–H groups in total. The van der Waals surface area contributed by atoms with Gasteiger partial charge in [-0.15, -0.1) is 0 Å². The highest BCUT2D eigenvalue weighted by atomic mass is 16.5. The number of hydrogen-bond acceptors (Lipinski definition) is 4. The van der Waals surface area contributed by atoms with E-state index < -0.39 is 0 Å². The molecule has 0 aliphatic carbocycles. The van der Waals surface area contributed by atoms with Crippen molar-refractivity contribution in [2.75, 3.05) is 25.0 Å². The van der Waals surface area contributed by atoms with Crippen LogP contribution in [-0.4, -0.2) is 31.5 Å². The molecule has 6 heteroatoms. The zero-order valence-electron chi connectivity index (χ0n) is 13.5. The van der Waals surface area contributed by atoms with Crippen molar-refractivity contribution in [1.29, 1.82) is 0 Å². The Morgan fingerprint density at radius 3 is 2.21 bits per heavy atom. The standard InChI is InChI=1S/C18H21N3O3/c1-2-19-17(22)12-20-18(23)13-24-16-10-8-15(9-11-16)21-14-6-4-3-5-7-14/h3-11,21H,2,12-13H2,1H3,(H,19,22)(H,20,23). The number of anilines is 2. The van der Waals surface area contributed by atoms with E-state index >= 15 is 0 Å². The van der Waals surface area contributed by atoms with Crippen LogP contribution in [0.5, 0.6) is 5.75 Å². The molecule has 2 aromatic rings. The van der Waals surface area contributed by atoms with Crippen molar-refractivity contribution in [3.05, 3.63) is 54.6 Å². The molecule has 0 radical (unpaired) electrons. The van der Waals surface area contributed by atoms with Crippen LogP contribution in [0.3, 0.4) is 0 Å². The normalized spacial score (nSPS) is 9.88. The number of carbonyl (C=O) groups excluding carboxylic acids is 2. The molecule has 2 aromatic carbocycles. The lowest BCUT2D eigenvalue weighted by molar-refractivity contribution is -0.127. The number of para-hydroxylation sites is 1. The summed E-state index contributed by atoms with van der Waals surface area (Å²) in [5.41, 5.74) is 1.92. The van der Waals surface area contributed by atoms with Gasteiger partial charge in [-0.25, -0.2) is 0 Å². The molecular weight excluding hydrogens is 306 g/mol. The first-order chi connectivity index (χ1) is 11.7. The van der Waals surface area contributed by atoms with E-state index in [4.69, 9.17) is 4.74 Å². The summed E-state index contributed by atoms with van der Waals surface area (Å²) in [7, 11) is 0. The molecule has 0 saturated heterocycles. The van der Waals surface area contributed by atoms with Gasteiger partial charge < -0.3 is 20.7 Å². The molecule has 0 spiro atoms. The van der Waals surface area contributed by atoms with Crippen LogP contribution in [-0.2, 0) is 9.59 Å². The molecule has 0 heterocycles. The first kappa shape index (κ1) is 17.3. The lowest BCUT2D eigenvalue weighted by Gasteiger charge is -2.09. The van der Waals surface area contributed by atoms with Gasteiger partial charge in [0.05, 0.1) is 6.54 Å². The van der Waals surface area contributed by atoms with Crippen LogP contribution in [0.25, 0.3) is 0 Å². The van der Waals surface area contributed by atoms with E-state index in [0.717, 1.165) is 11.4 Å². The third-order valence-electron chi connectivity index (χ3n) is 3.11. The van der Waals surface area contributed by atoms with Gasteiger partial charge >= 0.3 is 0 Å². The molecule has 0 saturated carbocycles. The van der Waals surface area contributed by atoms with Crippen LogP contribution < -0.4 is 20.7 Å². The molecule has 2 rings (SSSR count). The Labute approximate surface area is 141 Å². The number of hydrogen-bond donors (Lipinski definition) is 3. The number of ether oxygens (including phenoxy) is 1. The van der Waals surface area contributed by atoms with E-state index in [1.807, 2.05) is 49.4 Å². The lowest BCUT2D eigenvalue weighted by Crippen LogP contribution is -2.38. The Hall–Kier alpha value is -3.02. The Balaban J connectivity index is 1.75. The van der Waals surface area contributed by atoms with Crippen molar-refractivity contribution in [3.63, 3.8) is 0 Å². The molecule has 0 aliphatic heterocycles. The van der Waals surface area contributed by atoms with Gasteiger partial charge in [0.1, 0.15) is 5.75 Å². The molecule has 126 valence electrons. The predicted molar refractivity (Wildman–Crippen MR) is 93.4 cm³/mol. The average molecular weight is 327 g/mol. The van der Waals surface area contributed by atoms with E-state index in [-0.39, 0.29) is 25.0 Å². The van der Waals surface area contributed by atoms with E-state index in [0.29, 0.717) is 12.3 Å². The third-order valence-corrected chi connectivity index (χ3v) is 3.11. The molecule has 0 unspecified atom stereocenters. The Morgan fingerprint density at radius 2 is 1.54 bits per heavy atom. The van der Waals surface area contributed by atoms with E-state index in [2.05, 4.69) is 16.0 Å². The summed E-state index contributed by atoms with van der Waals surface area (Å²) in [5, 5.41) is 8.35.